The summed E-state index contributed by atoms with van der Waals surface area (Å²) in [5.41, 5.74) is 2.56. The summed E-state index contributed by atoms with van der Waals surface area (Å²) in [4.78, 5) is 33.5. The minimum absolute atomic E-state index is 0.103. The van der Waals surface area contributed by atoms with E-state index >= 15 is 0 Å². The SMILES string of the molecule is O=C(OO)c1ccc2c(/C=C3\Oc4c(ccc(O)c4CN4CCNCC4)C3=O)c[nH]c2c1. The molecule has 0 bridgehead atoms. The fourth-order valence-corrected chi connectivity index (χ4v) is 4.13. The second-order valence-corrected chi connectivity index (χ2v) is 7.79. The van der Waals surface area contributed by atoms with E-state index in [1.807, 2.05) is 0 Å². The average molecular weight is 435 g/mol. The Bertz CT molecular complexity index is 1260. The molecule has 3 aromatic rings. The number of Topliss-reactive ketones (excluding diaryl/α,β-unsaturated/α-hetero) is 1. The zero-order valence-corrected chi connectivity index (χ0v) is 17.1. The number of piperazine rings is 1. The molecule has 32 heavy (non-hydrogen) atoms. The number of nitrogens with zero attached hydrogens (tertiary/aromatic N) is 1. The largest absolute Gasteiger partial charge is 0.507 e. The van der Waals surface area contributed by atoms with Crippen LogP contribution in [0.25, 0.3) is 17.0 Å². The zero-order chi connectivity index (χ0) is 22.2. The number of fused-ring (bicyclic) bond motifs is 2. The Morgan fingerprint density at radius 1 is 1.22 bits per heavy atom. The maximum atomic E-state index is 13.0. The van der Waals surface area contributed by atoms with Crippen molar-refractivity contribution in [2.24, 2.45) is 0 Å². The van der Waals surface area contributed by atoms with Gasteiger partial charge in [0.1, 0.15) is 11.5 Å². The summed E-state index contributed by atoms with van der Waals surface area (Å²) in [6, 6.07) is 7.88. The number of H-pyrrole nitrogens is 1. The van der Waals surface area contributed by atoms with Crippen molar-refractivity contribution in [3.8, 4) is 11.5 Å². The van der Waals surface area contributed by atoms with Crippen LogP contribution in [0.5, 0.6) is 11.5 Å². The number of hydrogen-bond acceptors (Lipinski definition) is 8. The predicted octanol–water partition coefficient (Wildman–Crippen LogP) is 2.52. The lowest BCUT2D eigenvalue weighted by molar-refractivity contribution is -0.182. The third-order valence-electron chi connectivity index (χ3n) is 5.83. The Balaban J connectivity index is 1.47. The highest BCUT2D eigenvalue weighted by Crippen LogP contribution is 2.40. The molecule has 3 heterocycles. The molecule has 1 saturated heterocycles. The summed E-state index contributed by atoms with van der Waals surface area (Å²) in [6.07, 6.45) is 3.33. The molecule has 2 aliphatic rings. The fraction of sp³-hybridized carbons (Fsp3) is 0.217. The summed E-state index contributed by atoms with van der Waals surface area (Å²) in [6.45, 7) is 3.94. The molecule has 5 rings (SSSR count). The van der Waals surface area contributed by atoms with E-state index in [2.05, 4.69) is 20.1 Å². The molecule has 9 heteroatoms. The van der Waals surface area contributed by atoms with E-state index in [-0.39, 0.29) is 22.9 Å². The number of aromatic hydroxyl groups is 1. The molecule has 2 aliphatic heterocycles. The first-order valence-corrected chi connectivity index (χ1v) is 10.2. The number of carbonyl (C=O) groups is 2. The van der Waals surface area contributed by atoms with Gasteiger partial charge in [0.05, 0.1) is 16.7 Å². The predicted molar refractivity (Wildman–Crippen MR) is 116 cm³/mol. The summed E-state index contributed by atoms with van der Waals surface area (Å²) in [7, 11) is 0. The van der Waals surface area contributed by atoms with E-state index in [0.717, 1.165) is 31.6 Å². The molecule has 0 unspecified atom stereocenters. The monoisotopic (exact) mass is 435 g/mol. The van der Waals surface area contributed by atoms with E-state index in [9.17, 15) is 14.7 Å². The van der Waals surface area contributed by atoms with Gasteiger partial charge >= 0.3 is 5.97 Å². The minimum Gasteiger partial charge on any atom is -0.507 e. The topological polar surface area (TPSA) is 124 Å². The van der Waals surface area contributed by atoms with E-state index in [1.165, 1.54) is 12.1 Å². The highest BCUT2D eigenvalue weighted by atomic mass is 17.1. The maximum absolute atomic E-state index is 13.0. The lowest BCUT2D eigenvalue weighted by atomic mass is 10.0. The van der Waals surface area contributed by atoms with Crippen LogP contribution in [0.1, 0.15) is 31.8 Å². The number of phenols is 1. The van der Waals surface area contributed by atoms with Crippen molar-refractivity contribution in [1.82, 2.24) is 15.2 Å². The molecule has 2 aromatic carbocycles. The standard InChI is InChI=1S/C23H21N3O6/c27-19-4-3-16-21(28)20(31-22(16)17(19)12-26-7-5-24-6-8-26)10-14-11-25-18-9-13(23(29)32-30)1-2-15(14)18/h1-4,9-11,24-25,27,30H,5-8,12H2/b20-10-. The number of aromatic amines is 1. The van der Waals surface area contributed by atoms with E-state index in [4.69, 9.17) is 9.99 Å². The number of allylic oxidation sites excluding steroid dienone is 1. The third-order valence-corrected chi connectivity index (χ3v) is 5.83. The van der Waals surface area contributed by atoms with Gasteiger partial charge in [-0.15, -0.1) is 0 Å². The van der Waals surface area contributed by atoms with Gasteiger partial charge in [0.15, 0.2) is 5.76 Å². The van der Waals surface area contributed by atoms with Crippen LogP contribution in [0.2, 0.25) is 0 Å². The van der Waals surface area contributed by atoms with Gasteiger partial charge in [-0.05, 0) is 30.3 Å². The van der Waals surface area contributed by atoms with Crippen molar-refractivity contribution >= 4 is 28.7 Å². The molecular formula is C23H21N3O6. The quantitative estimate of drug-likeness (QED) is 0.280. The molecule has 0 saturated carbocycles. The molecule has 0 aliphatic carbocycles. The summed E-state index contributed by atoms with van der Waals surface area (Å²) >= 11 is 0. The first kappa shape index (κ1) is 20.3. The van der Waals surface area contributed by atoms with Crippen LogP contribution < -0.4 is 10.1 Å². The van der Waals surface area contributed by atoms with Crippen LogP contribution in [-0.2, 0) is 11.4 Å². The van der Waals surface area contributed by atoms with Crippen molar-refractivity contribution in [3.05, 3.63) is 64.5 Å². The van der Waals surface area contributed by atoms with Crippen LogP contribution in [-0.4, -0.2) is 58.2 Å². The van der Waals surface area contributed by atoms with Gasteiger partial charge in [-0.25, -0.2) is 4.79 Å². The Kier molecular flexibility index (Phi) is 5.14. The molecule has 0 atom stereocenters. The van der Waals surface area contributed by atoms with Gasteiger partial charge in [-0.1, -0.05) is 6.07 Å². The second-order valence-electron chi connectivity index (χ2n) is 7.79. The van der Waals surface area contributed by atoms with Gasteiger partial charge in [0, 0.05) is 55.4 Å². The Labute approximate surface area is 182 Å². The second kappa shape index (κ2) is 8.12. The van der Waals surface area contributed by atoms with Gasteiger partial charge in [-0.3, -0.25) is 14.6 Å². The van der Waals surface area contributed by atoms with Gasteiger partial charge in [0.25, 0.3) is 0 Å². The van der Waals surface area contributed by atoms with Crippen LogP contribution in [0.4, 0.5) is 0 Å². The van der Waals surface area contributed by atoms with E-state index < -0.39 is 5.97 Å². The lowest BCUT2D eigenvalue weighted by Gasteiger charge is -2.27. The Hall–Kier alpha value is -3.66. The molecular weight excluding hydrogens is 414 g/mol. The number of phenolic OH excluding ortho intramolecular Hbond substituents is 1. The van der Waals surface area contributed by atoms with E-state index in [0.29, 0.717) is 34.5 Å². The van der Waals surface area contributed by atoms with Crippen molar-refractivity contribution in [2.75, 3.05) is 26.2 Å². The lowest BCUT2D eigenvalue weighted by Crippen LogP contribution is -2.42. The molecule has 1 fully saturated rings. The molecule has 9 nitrogen and oxygen atoms in total. The summed E-state index contributed by atoms with van der Waals surface area (Å²) in [5, 5.41) is 23.1. The molecule has 0 amide bonds. The average Bonchev–Trinajstić information content (AvgIpc) is 3.36. The number of ether oxygens (including phenoxy) is 1. The number of benzene rings is 2. The Morgan fingerprint density at radius 3 is 2.81 bits per heavy atom. The van der Waals surface area contributed by atoms with Crippen LogP contribution in [0, 0.1) is 0 Å². The van der Waals surface area contributed by atoms with Gasteiger partial charge < -0.3 is 20.1 Å². The molecule has 1 aromatic heterocycles. The highest BCUT2D eigenvalue weighted by molar-refractivity contribution is 6.15. The van der Waals surface area contributed by atoms with Crippen molar-refractivity contribution in [1.29, 1.82) is 0 Å². The minimum atomic E-state index is -0.858. The molecule has 4 N–H and O–H groups in total. The number of aromatic nitrogens is 1. The van der Waals surface area contributed by atoms with Crippen molar-refractivity contribution in [2.45, 2.75) is 6.54 Å². The summed E-state index contributed by atoms with van der Waals surface area (Å²) in [5.74, 6) is -0.453. The molecule has 0 spiro atoms. The normalized spacial score (nSPS) is 17.5. The zero-order valence-electron chi connectivity index (χ0n) is 17.1. The first-order valence-electron chi connectivity index (χ1n) is 10.2. The highest BCUT2D eigenvalue weighted by Gasteiger charge is 2.32. The number of rotatable bonds is 4. The smallest absolute Gasteiger partial charge is 0.372 e. The number of ketones is 1. The van der Waals surface area contributed by atoms with Crippen LogP contribution >= 0.6 is 0 Å². The fourth-order valence-electron chi connectivity index (χ4n) is 4.13. The Morgan fingerprint density at radius 2 is 2.03 bits per heavy atom. The number of carbonyl (C=O) groups excluding carboxylic acids is 2. The molecule has 0 radical (unpaired) electrons. The van der Waals surface area contributed by atoms with Crippen molar-refractivity contribution < 1.29 is 29.6 Å². The third kappa shape index (κ3) is 3.52. The first-order chi connectivity index (χ1) is 15.5. The van der Waals surface area contributed by atoms with Crippen LogP contribution in [0.3, 0.4) is 0 Å². The number of hydrogen-bond donors (Lipinski definition) is 4. The maximum Gasteiger partial charge on any atom is 0.372 e. The van der Waals surface area contributed by atoms with Crippen LogP contribution in [0.15, 0.2) is 42.3 Å². The number of nitrogens with one attached hydrogen (secondary N) is 2. The van der Waals surface area contributed by atoms with E-state index in [1.54, 1.807) is 30.5 Å². The molecule has 164 valence electrons. The van der Waals surface area contributed by atoms with Gasteiger partial charge in [-0.2, -0.15) is 5.26 Å². The summed E-state index contributed by atoms with van der Waals surface area (Å²) < 4.78 is 5.96. The van der Waals surface area contributed by atoms with Gasteiger partial charge in [0.2, 0.25) is 5.78 Å². The van der Waals surface area contributed by atoms with Crippen molar-refractivity contribution in [3.63, 3.8) is 0 Å².